The number of hydrogen-bond donors (Lipinski definition) is 15. The lowest BCUT2D eigenvalue weighted by molar-refractivity contribution is -0.149. The highest BCUT2D eigenvalue weighted by molar-refractivity contribution is 5.97. The van der Waals surface area contributed by atoms with Gasteiger partial charge in [0, 0.05) is 51.2 Å². The Kier molecular flexibility index (Phi) is 22.5. The van der Waals surface area contributed by atoms with Crippen molar-refractivity contribution in [3.05, 3.63) is 59.1 Å². The average Bonchev–Trinajstić information content (AvgIpc) is 3.31. The molecule has 19 N–H and O–H groups in total. The van der Waals surface area contributed by atoms with Gasteiger partial charge in [-0.25, -0.2) is 29.2 Å². The quantitative estimate of drug-likeness (QED) is 0.0151. The van der Waals surface area contributed by atoms with Crippen molar-refractivity contribution in [2.24, 2.45) is 32.9 Å². The van der Waals surface area contributed by atoms with Gasteiger partial charge in [-0.3, -0.25) is 19.2 Å². The number of aliphatic hydroxyl groups is 4. The number of esters is 1. The molecule has 0 fully saturated rings. The molecule has 0 bridgehead atoms. The Morgan fingerprint density at radius 3 is 1.34 bits per heavy atom. The number of benzene rings is 1. The number of aliphatic carboxylic acids is 1. The lowest BCUT2D eigenvalue weighted by Crippen LogP contribution is -2.61. The van der Waals surface area contributed by atoms with Gasteiger partial charge in [0.15, 0.2) is 36.3 Å². The highest BCUT2D eigenvalue weighted by atomic mass is 16.6. The summed E-state index contributed by atoms with van der Waals surface area (Å²) in [5, 5.41) is 65.5. The number of rotatable bonds is 24. The van der Waals surface area contributed by atoms with E-state index in [4.69, 9.17) is 46.6 Å². The molecule has 2 heterocycles. The van der Waals surface area contributed by atoms with Crippen molar-refractivity contribution in [3.63, 3.8) is 0 Å². The molecule has 30 heteroatoms. The molecule has 392 valence electrons. The van der Waals surface area contributed by atoms with Gasteiger partial charge in [-0.1, -0.05) is 0 Å². The van der Waals surface area contributed by atoms with Crippen LogP contribution in [0.4, 0.5) is 9.59 Å². The number of alkyl carbamates (subject to hydrolysis) is 2. The molecule has 10 atom stereocenters. The minimum Gasteiger partial charge on any atom is -0.477 e. The number of aliphatic hydroxyl groups excluding tert-OH is 4. The zero-order valence-electron chi connectivity index (χ0n) is 38.6. The van der Waals surface area contributed by atoms with E-state index in [-0.39, 0.29) is 50.1 Å². The summed E-state index contributed by atoms with van der Waals surface area (Å²) in [6.07, 6.45) is -10.0. The topological polar surface area (TPSA) is 485 Å². The minimum absolute atomic E-state index is 0.0388. The zero-order valence-corrected chi connectivity index (χ0v) is 38.6. The number of carboxylic acid groups (broad SMARTS) is 1. The minimum atomic E-state index is -1.83. The van der Waals surface area contributed by atoms with E-state index in [0.29, 0.717) is 0 Å². The smallest absolute Gasteiger partial charge is 0.407 e. The SMILES string of the molecule is COC(=O)C1=C[C@H](N=C(N)N)C(NC(C)=O)[C@H]([C@H](OC(=O)NCCCNC(=O)c2ccc(C(=O)NCCCNC(=O)O[C@H](C(O)CO)[C@@H]3OC(C(=O)O)=C[C@H](N=C(N)N)C3NC(C)=O)cc2)C(O)CO)O1. The first kappa shape index (κ1) is 57.4. The maximum absolute atomic E-state index is 12.9. The van der Waals surface area contributed by atoms with Crippen molar-refractivity contribution in [3.8, 4) is 0 Å². The summed E-state index contributed by atoms with van der Waals surface area (Å²) in [7, 11) is 1.06. The van der Waals surface area contributed by atoms with Crippen LogP contribution in [0.3, 0.4) is 0 Å². The molecular weight excluding hydrogens is 949 g/mol. The van der Waals surface area contributed by atoms with Gasteiger partial charge in [-0.2, -0.15) is 0 Å². The van der Waals surface area contributed by atoms with Crippen molar-refractivity contribution in [1.29, 1.82) is 0 Å². The fourth-order valence-corrected chi connectivity index (χ4v) is 6.90. The molecule has 1 aromatic rings. The van der Waals surface area contributed by atoms with Crippen LogP contribution < -0.4 is 54.8 Å². The largest absolute Gasteiger partial charge is 0.477 e. The standard InChI is InChI=1S/C41H60N12O18/c1-18(56)50-28-22(52-38(42)43)14-26(36(62)63)68-32(28)30(24(58)16-54)70-40(65)48-12-4-10-46-34(60)20-6-8-21(9-7-20)35(61)47-11-5-13-49-41(66)71-31(25(59)17-55)33-29(51-19(2)57)23(53-39(44)45)15-27(69-33)37(64)67-3/h6-9,14-15,22-25,28-33,54-55,58-59H,4-5,10-13,16-17H2,1-3H3,(H,46,60)(H,47,61)(H,48,65)(H,49,66)(H,50,56)(H,51,57)(H,62,63)(H4,42,43,52)(H4,44,45,53)/t22-,23-,24?,25?,28?,29?,30+,31+,32+,33+/m0/s1. The third-order valence-electron chi connectivity index (χ3n) is 10.0. The molecule has 2 aliphatic heterocycles. The highest BCUT2D eigenvalue weighted by Crippen LogP contribution is 2.28. The monoisotopic (exact) mass is 1010 g/mol. The molecule has 71 heavy (non-hydrogen) atoms. The number of ether oxygens (including phenoxy) is 5. The number of aliphatic imine (C=N–C) groups is 2. The molecule has 3 rings (SSSR count). The lowest BCUT2D eigenvalue weighted by Gasteiger charge is -2.40. The molecule has 0 spiro atoms. The lowest BCUT2D eigenvalue weighted by atomic mass is 9.92. The van der Waals surface area contributed by atoms with Crippen molar-refractivity contribution in [2.45, 2.75) is 87.5 Å². The predicted octanol–water partition coefficient (Wildman–Crippen LogP) is -6.06. The van der Waals surface area contributed by atoms with E-state index >= 15 is 0 Å². The first-order valence-electron chi connectivity index (χ1n) is 21.5. The third kappa shape index (κ3) is 17.8. The van der Waals surface area contributed by atoms with Crippen LogP contribution in [0.5, 0.6) is 0 Å². The van der Waals surface area contributed by atoms with E-state index in [0.717, 1.165) is 33.1 Å². The Balaban J connectivity index is 1.48. The number of guanidine groups is 2. The molecule has 6 amide bonds. The predicted molar refractivity (Wildman–Crippen MR) is 243 cm³/mol. The Morgan fingerprint density at radius 2 is 1.00 bits per heavy atom. The van der Waals surface area contributed by atoms with E-state index in [1.165, 1.54) is 24.3 Å². The fourth-order valence-electron chi connectivity index (χ4n) is 6.90. The summed E-state index contributed by atoms with van der Waals surface area (Å²) in [5.41, 5.74) is 22.5. The molecule has 2 aliphatic rings. The number of carbonyl (C=O) groups excluding carboxylic acids is 7. The van der Waals surface area contributed by atoms with E-state index in [1.54, 1.807) is 0 Å². The molecule has 0 radical (unpaired) electrons. The number of amides is 6. The number of carbonyl (C=O) groups is 8. The number of nitrogens with two attached hydrogens (primary N) is 4. The number of nitrogens with zero attached hydrogens (tertiary/aromatic N) is 2. The van der Waals surface area contributed by atoms with E-state index in [2.05, 4.69) is 41.9 Å². The second kappa shape index (κ2) is 27.9. The number of carboxylic acids is 1. The van der Waals surface area contributed by atoms with Gasteiger partial charge in [0.2, 0.25) is 23.3 Å². The van der Waals surface area contributed by atoms with Crippen LogP contribution in [0.1, 0.15) is 47.4 Å². The summed E-state index contributed by atoms with van der Waals surface area (Å²) in [6, 6.07) is 0.644. The Labute approximate surface area is 404 Å². The van der Waals surface area contributed by atoms with Crippen LogP contribution in [-0.2, 0) is 42.9 Å². The van der Waals surface area contributed by atoms with E-state index in [1.807, 2.05) is 0 Å². The van der Waals surface area contributed by atoms with Crippen molar-refractivity contribution < 1.29 is 87.6 Å². The molecule has 0 aromatic heterocycles. The Morgan fingerprint density at radius 1 is 0.634 bits per heavy atom. The van der Waals surface area contributed by atoms with Crippen LogP contribution in [-0.4, -0.2) is 192 Å². The summed E-state index contributed by atoms with van der Waals surface area (Å²) in [6.45, 7) is 0.300. The highest BCUT2D eigenvalue weighted by Gasteiger charge is 2.48. The van der Waals surface area contributed by atoms with Crippen LogP contribution >= 0.6 is 0 Å². The maximum atomic E-state index is 12.9. The second-order valence-electron chi connectivity index (χ2n) is 15.5. The van der Waals surface area contributed by atoms with Gasteiger partial charge in [0.25, 0.3) is 11.8 Å². The average molecular weight is 1010 g/mol. The molecule has 30 nitrogen and oxygen atoms in total. The summed E-state index contributed by atoms with van der Waals surface area (Å²) in [5.74, 6) is -6.88. The van der Waals surface area contributed by atoms with Crippen molar-refractivity contribution >= 4 is 59.7 Å². The first-order valence-corrected chi connectivity index (χ1v) is 21.5. The third-order valence-corrected chi connectivity index (χ3v) is 10.0. The van der Waals surface area contributed by atoms with Gasteiger partial charge >= 0.3 is 24.1 Å². The summed E-state index contributed by atoms with van der Waals surface area (Å²) >= 11 is 0. The number of nitrogens with one attached hydrogen (secondary N) is 6. The van der Waals surface area contributed by atoms with E-state index < -0.39 is 145 Å². The first-order chi connectivity index (χ1) is 33.6. The maximum Gasteiger partial charge on any atom is 0.407 e. The molecule has 4 unspecified atom stereocenters. The Bertz CT molecular complexity index is 2180. The van der Waals surface area contributed by atoms with Crippen molar-refractivity contribution in [2.75, 3.05) is 46.5 Å². The summed E-state index contributed by atoms with van der Waals surface area (Å²) in [4.78, 5) is 108. The second-order valence-corrected chi connectivity index (χ2v) is 15.5. The molecule has 1 aromatic carbocycles. The van der Waals surface area contributed by atoms with Crippen LogP contribution in [0, 0.1) is 0 Å². The molecule has 0 saturated heterocycles. The van der Waals surface area contributed by atoms with Crippen LogP contribution in [0.2, 0.25) is 0 Å². The zero-order chi connectivity index (χ0) is 52.9. The molecular formula is C41H60N12O18. The Hall–Kier alpha value is -7.96. The normalized spacial score (nSPS) is 20.8. The van der Waals surface area contributed by atoms with Crippen molar-refractivity contribution in [1.82, 2.24) is 31.9 Å². The van der Waals surface area contributed by atoms with Gasteiger partial charge in [0.05, 0.1) is 44.5 Å². The summed E-state index contributed by atoms with van der Waals surface area (Å²) < 4.78 is 26.6. The van der Waals surface area contributed by atoms with Gasteiger partial charge in [0.1, 0.15) is 12.2 Å². The molecule has 0 aliphatic carbocycles. The number of hydrogen-bond acceptors (Lipinski definition) is 19. The van der Waals surface area contributed by atoms with Gasteiger partial charge < -0.3 is 104 Å². The van der Waals surface area contributed by atoms with Gasteiger partial charge in [-0.05, 0) is 49.3 Å². The van der Waals surface area contributed by atoms with Crippen LogP contribution in [0.15, 0.2) is 57.9 Å². The van der Waals surface area contributed by atoms with Gasteiger partial charge in [-0.15, -0.1) is 0 Å². The van der Waals surface area contributed by atoms with Crippen LogP contribution in [0.25, 0.3) is 0 Å². The molecule has 0 saturated carbocycles. The van der Waals surface area contributed by atoms with E-state index in [9.17, 15) is 63.9 Å². The number of methoxy groups -OCH3 is 1. The fraction of sp³-hybridized carbons (Fsp3) is 0.512.